The lowest BCUT2D eigenvalue weighted by molar-refractivity contribution is -0.116. The summed E-state index contributed by atoms with van der Waals surface area (Å²) in [6.07, 6.45) is 0.334. The number of nitrogens with one attached hydrogen (secondary N) is 1. The van der Waals surface area contributed by atoms with Crippen LogP contribution in [0.4, 0.5) is 11.4 Å². The first-order chi connectivity index (χ1) is 10.9. The third kappa shape index (κ3) is 4.81. The molecule has 0 unspecified atom stereocenters. The molecule has 1 amide bonds. The van der Waals surface area contributed by atoms with Crippen LogP contribution in [0, 0.1) is 6.92 Å². The molecule has 1 N–H and O–H groups in total. The number of hydrogen-bond acceptors (Lipinski definition) is 4. The molecular weight excluding hydrogens is 332 g/mol. The zero-order valence-electron chi connectivity index (χ0n) is 13.4. The Balaban J connectivity index is 1.90. The van der Waals surface area contributed by atoms with E-state index in [2.05, 4.69) is 5.32 Å². The second kappa shape index (κ2) is 7.62. The van der Waals surface area contributed by atoms with Gasteiger partial charge in [0.15, 0.2) is 5.78 Å². The van der Waals surface area contributed by atoms with Crippen molar-refractivity contribution in [2.24, 2.45) is 0 Å². The summed E-state index contributed by atoms with van der Waals surface area (Å²) in [6, 6.07) is 9.13. The molecule has 1 aromatic heterocycles. The van der Waals surface area contributed by atoms with E-state index in [0.29, 0.717) is 9.21 Å². The molecular formula is C17H19ClN2O2S. The van der Waals surface area contributed by atoms with Gasteiger partial charge in [0.05, 0.1) is 9.21 Å². The zero-order valence-corrected chi connectivity index (χ0v) is 14.9. The van der Waals surface area contributed by atoms with Crippen molar-refractivity contribution >= 4 is 46.0 Å². The number of thiophene rings is 1. The van der Waals surface area contributed by atoms with E-state index in [0.717, 1.165) is 16.9 Å². The first-order valence-electron chi connectivity index (χ1n) is 7.23. The summed E-state index contributed by atoms with van der Waals surface area (Å²) < 4.78 is 0.578. The van der Waals surface area contributed by atoms with Crippen molar-refractivity contribution in [2.75, 3.05) is 24.3 Å². The molecule has 4 nitrogen and oxygen atoms in total. The van der Waals surface area contributed by atoms with Crippen LogP contribution >= 0.6 is 22.9 Å². The van der Waals surface area contributed by atoms with Gasteiger partial charge in [-0.2, -0.15) is 0 Å². The quantitative estimate of drug-likeness (QED) is 0.786. The molecule has 0 radical (unpaired) electrons. The van der Waals surface area contributed by atoms with Gasteiger partial charge in [0.25, 0.3) is 0 Å². The van der Waals surface area contributed by atoms with E-state index in [1.807, 2.05) is 44.1 Å². The summed E-state index contributed by atoms with van der Waals surface area (Å²) >= 11 is 7.05. The van der Waals surface area contributed by atoms with Crippen molar-refractivity contribution in [2.45, 2.75) is 19.8 Å². The van der Waals surface area contributed by atoms with Gasteiger partial charge in [-0.25, -0.2) is 0 Å². The molecule has 0 bridgehead atoms. The third-order valence-electron chi connectivity index (χ3n) is 3.39. The molecule has 0 aliphatic rings. The highest BCUT2D eigenvalue weighted by Gasteiger charge is 2.12. The van der Waals surface area contributed by atoms with Crippen molar-refractivity contribution in [3.63, 3.8) is 0 Å². The predicted molar refractivity (Wildman–Crippen MR) is 97.0 cm³/mol. The van der Waals surface area contributed by atoms with Gasteiger partial charge < -0.3 is 10.2 Å². The molecule has 2 rings (SSSR count). The van der Waals surface area contributed by atoms with Gasteiger partial charge in [0, 0.05) is 38.3 Å². The van der Waals surface area contributed by atoms with E-state index in [9.17, 15) is 9.59 Å². The number of ketones is 1. The summed E-state index contributed by atoms with van der Waals surface area (Å²) in [6.45, 7) is 2.00. The van der Waals surface area contributed by atoms with Gasteiger partial charge in [0.1, 0.15) is 0 Å². The molecule has 0 fully saturated rings. The molecule has 0 aliphatic heterocycles. The minimum Gasteiger partial charge on any atom is -0.377 e. The fraction of sp³-hybridized carbons (Fsp3) is 0.294. The van der Waals surface area contributed by atoms with Gasteiger partial charge in [-0.1, -0.05) is 11.6 Å². The number of carbonyl (C=O) groups excluding carboxylic acids is 2. The maximum absolute atomic E-state index is 12.0. The highest BCUT2D eigenvalue weighted by atomic mass is 35.5. The van der Waals surface area contributed by atoms with Crippen LogP contribution in [0.15, 0.2) is 30.3 Å². The van der Waals surface area contributed by atoms with Crippen molar-refractivity contribution < 1.29 is 9.59 Å². The Bertz CT molecular complexity index is 725. The van der Waals surface area contributed by atoms with Crippen LogP contribution in [0.1, 0.15) is 28.1 Å². The predicted octanol–water partition coefficient (Wildman–Crippen LogP) is 4.38. The standard InChI is InChI=1S/C17H19ClN2O2S/c1-11-10-12(4-5-13(11)20(2)3)19-17(22)9-6-14(21)15-7-8-16(18)23-15/h4-5,7-8,10H,6,9H2,1-3H3,(H,19,22). The lowest BCUT2D eigenvalue weighted by atomic mass is 10.1. The normalized spacial score (nSPS) is 10.4. The van der Waals surface area contributed by atoms with Gasteiger partial charge in [-0.3, -0.25) is 9.59 Å². The maximum Gasteiger partial charge on any atom is 0.224 e. The van der Waals surface area contributed by atoms with E-state index in [1.54, 1.807) is 12.1 Å². The second-order valence-electron chi connectivity index (χ2n) is 5.47. The van der Waals surface area contributed by atoms with E-state index in [-0.39, 0.29) is 24.5 Å². The zero-order chi connectivity index (χ0) is 17.0. The number of benzene rings is 1. The van der Waals surface area contributed by atoms with Crippen LogP contribution in [-0.2, 0) is 4.79 Å². The average Bonchev–Trinajstić information content (AvgIpc) is 2.91. The third-order valence-corrected chi connectivity index (χ3v) is 4.66. The Labute approximate surface area is 145 Å². The second-order valence-corrected chi connectivity index (χ2v) is 7.19. The van der Waals surface area contributed by atoms with E-state index in [1.165, 1.54) is 11.3 Å². The van der Waals surface area contributed by atoms with Crippen LogP contribution in [0.2, 0.25) is 4.34 Å². The Hall–Kier alpha value is -1.85. The highest BCUT2D eigenvalue weighted by Crippen LogP contribution is 2.24. The number of Topliss-reactive ketones (excluding diaryl/α,β-unsaturated/α-hetero) is 1. The Morgan fingerprint density at radius 3 is 2.48 bits per heavy atom. The fourth-order valence-electron chi connectivity index (χ4n) is 2.27. The first kappa shape index (κ1) is 17.5. The van der Waals surface area contributed by atoms with E-state index >= 15 is 0 Å². The number of nitrogens with zero attached hydrogens (tertiary/aromatic N) is 1. The number of hydrogen-bond donors (Lipinski definition) is 1. The molecule has 0 saturated heterocycles. The molecule has 0 spiro atoms. The summed E-state index contributed by atoms with van der Waals surface area (Å²) in [5, 5.41) is 2.83. The molecule has 0 atom stereocenters. The molecule has 1 aromatic carbocycles. The lowest BCUT2D eigenvalue weighted by Gasteiger charge is -2.16. The maximum atomic E-state index is 12.0. The summed E-state index contributed by atoms with van der Waals surface area (Å²) in [4.78, 5) is 26.6. The van der Waals surface area contributed by atoms with Gasteiger partial charge in [-0.15, -0.1) is 11.3 Å². The Morgan fingerprint density at radius 2 is 1.91 bits per heavy atom. The molecule has 0 aliphatic carbocycles. The SMILES string of the molecule is Cc1cc(NC(=O)CCC(=O)c2ccc(Cl)s2)ccc1N(C)C. The monoisotopic (exact) mass is 350 g/mol. The minimum atomic E-state index is -0.169. The fourth-order valence-corrected chi connectivity index (χ4v) is 3.28. The van der Waals surface area contributed by atoms with E-state index < -0.39 is 0 Å². The minimum absolute atomic E-state index is 0.0591. The van der Waals surface area contributed by atoms with Crippen LogP contribution < -0.4 is 10.2 Å². The Morgan fingerprint density at radius 1 is 1.17 bits per heavy atom. The van der Waals surface area contributed by atoms with Crippen molar-refractivity contribution in [1.29, 1.82) is 0 Å². The number of anilines is 2. The summed E-state index contributed by atoms with van der Waals surface area (Å²) in [5.41, 5.74) is 2.93. The smallest absolute Gasteiger partial charge is 0.224 e. The summed E-state index contributed by atoms with van der Waals surface area (Å²) in [5.74, 6) is -0.228. The van der Waals surface area contributed by atoms with Gasteiger partial charge in [-0.05, 0) is 42.8 Å². The van der Waals surface area contributed by atoms with Crippen LogP contribution in [0.25, 0.3) is 0 Å². The van der Waals surface area contributed by atoms with Gasteiger partial charge in [0.2, 0.25) is 5.91 Å². The van der Waals surface area contributed by atoms with Crippen molar-refractivity contribution in [1.82, 2.24) is 0 Å². The number of halogens is 1. The molecule has 1 heterocycles. The number of carbonyl (C=O) groups is 2. The molecule has 0 saturated carbocycles. The summed E-state index contributed by atoms with van der Waals surface area (Å²) in [7, 11) is 3.95. The number of amides is 1. The largest absolute Gasteiger partial charge is 0.377 e. The highest BCUT2D eigenvalue weighted by molar-refractivity contribution is 7.18. The molecule has 122 valence electrons. The lowest BCUT2D eigenvalue weighted by Crippen LogP contribution is -2.14. The molecule has 23 heavy (non-hydrogen) atoms. The van der Waals surface area contributed by atoms with Gasteiger partial charge >= 0.3 is 0 Å². The van der Waals surface area contributed by atoms with E-state index in [4.69, 9.17) is 11.6 Å². The van der Waals surface area contributed by atoms with Crippen molar-refractivity contribution in [3.05, 3.63) is 45.1 Å². The molecule has 2 aromatic rings. The van der Waals surface area contributed by atoms with Crippen LogP contribution in [0.5, 0.6) is 0 Å². The van der Waals surface area contributed by atoms with Crippen molar-refractivity contribution in [3.8, 4) is 0 Å². The first-order valence-corrected chi connectivity index (χ1v) is 8.42. The Kier molecular flexibility index (Phi) is 5.80. The van der Waals surface area contributed by atoms with Crippen LogP contribution in [-0.4, -0.2) is 25.8 Å². The number of aryl methyl sites for hydroxylation is 1. The topological polar surface area (TPSA) is 49.4 Å². The van der Waals surface area contributed by atoms with Crippen LogP contribution in [0.3, 0.4) is 0 Å². The average molecular weight is 351 g/mol. The number of rotatable bonds is 6. The molecule has 6 heteroatoms.